The molecule has 106 valence electrons. The average Bonchev–Trinajstić information content (AvgIpc) is 2.65. The topological polar surface area (TPSA) is 15.3 Å². The fourth-order valence-corrected chi connectivity index (χ4v) is 3.06. The summed E-state index contributed by atoms with van der Waals surface area (Å²) in [4.78, 5) is 2.65. The van der Waals surface area contributed by atoms with Crippen molar-refractivity contribution in [1.82, 2.24) is 10.2 Å². The Morgan fingerprint density at radius 3 is 2.84 bits per heavy atom. The lowest BCUT2D eigenvalue weighted by Crippen LogP contribution is -2.38. The molecule has 0 spiro atoms. The summed E-state index contributed by atoms with van der Waals surface area (Å²) in [6.07, 6.45) is 3.86. The number of benzene rings is 1. The molecule has 0 amide bonds. The highest BCUT2D eigenvalue weighted by atomic mass is 15.2. The molecule has 1 aromatic rings. The molecular formula is C17H28N2. The molecule has 2 unspecified atom stereocenters. The maximum atomic E-state index is 3.68. The second kappa shape index (κ2) is 7.66. The molecule has 1 aliphatic heterocycles. The normalized spacial score (nSPS) is 22.9. The molecule has 2 rings (SSSR count). The van der Waals surface area contributed by atoms with Crippen molar-refractivity contribution in [3.63, 3.8) is 0 Å². The third-order valence-electron chi connectivity index (χ3n) is 4.10. The molecule has 19 heavy (non-hydrogen) atoms. The van der Waals surface area contributed by atoms with Gasteiger partial charge in [0.2, 0.25) is 0 Å². The summed E-state index contributed by atoms with van der Waals surface area (Å²) >= 11 is 0. The highest BCUT2D eigenvalue weighted by Crippen LogP contribution is 2.17. The summed E-state index contributed by atoms with van der Waals surface area (Å²) in [5.41, 5.74) is 1.46. The van der Waals surface area contributed by atoms with Crippen molar-refractivity contribution in [1.29, 1.82) is 0 Å². The minimum absolute atomic E-state index is 0.626. The molecule has 2 nitrogen and oxygen atoms in total. The summed E-state index contributed by atoms with van der Waals surface area (Å²) in [6.45, 7) is 9.45. The minimum Gasteiger partial charge on any atom is -0.313 e. The van der Waals surface area contributed by atoms with Crippen LogP contribution in [0.4, 0.5) is 0 Å². The van der Waals surface area contributed by atoms with Gasteiger partial charge in [-0.05, 0) is 37.4 Å². The van der Waals surface area contributed by atoms with E-state index < -0.39 is 0 Å². The van der Waals surface area contributed by atoms with E-state index in [0.29, 0.717) is 12.0 Å². The van der Waals surface area contributed by atoms with Crippen LogP contribution in [0.15, 0.2) is 30.3 Å². The zero-order valence-corrected chi connectivity index (χ0v) is 12.4. The van der Waals surface area contributed by atoms with Crippen molar-refractivity contribution >= 4 is 0 Å². The van der Waals surface area contributed by atoms with Crippen LogP contribution in [0.25, 0.3) is 0 Å². The maximum Gasteiger partial charge on any atom is 0.0194 e. The first-order valence-electron chi connectivity index (χ1n) is 7.80. The third kappa shape index (κ3) is 4.63. The van der Waals surface area contributed by atoms with Gasteiger partial charge in [0, 0.05) is 19.1 Å². The van der Waals surface area contributed by atoms with Crippen LogP contribution in [0.1, 0.15) is 44.6 Å². The van der Waals surface area contributed by atoms with Gasteiger partial charge in [0.05, 0.1) is 0 Å². The van der Waals surface area contributed by atoms with Crippen LogP contribution in [0.2, 0.25) is 0 Å². The van der Waals surface area contributed by atoms with E-state index in [1.807, 2.05) is 0 Å². The molecule has 1 aliphatic rings. The molecule has 2 heteroatoms. The van der Waals surface area contributed by atoms with Crippen LogP contribution in [0.3, 0.4) is 0 Å². The highest BCUT2D eigenvalue weighted by Gasteiger charge is 2.18. The van der Waals surface area contributed by atoms with Crippen molar-refractivity contribution in [2.24, 2.45) is 0 Å². The zero-order chi connectivity index (χ0) is 13.5. The standard InChI is InChI=1S/C17H28N2/c1-3-8-17-14-19(12-7-11-18-17)13-15(2)16-9-5-4-6-10-16/h4-6,9-10,15,17-18H,3,7-8,11-14H2,1-2H3. The lowest BCUT2D eigenvalue weighted by Gasteiger charge is -2.27. The van der Waals surface area contributed by atoms with E-state index in [1.54, 1.807) is 0 Å². The third-order valence-corrected chi connectivity index (χ3v) is 4.10. The summed E-state index contributed by atoms with van der Waals surface area (Å²) in [6, 6.07) is 11.6. The van der Waals surface area contributed by atoms with E-state index in [-0.39, 0.29) is 0 Å². The summed E-state index contributed by atoms with van der Waals surface area (Å²) < 4.78 is 0. The minimum atomic E-state index is 0.626. The van der Waals surface area contributed by atoms with Crippen LogP contribution in [0.5, 0.6) is 0 Å². The Labute approximate surface area is 118 Å². The van der Waals surface area contributed by atoms with Gasteiger partial charge in [-0.2, -0.15) is 0 Å². The predicted molar refractivity (Wildman–Crippen MR) is 82.6 cm³/mol. The predicted octanol–water partition coefficient (Wildman–Crippen LogP) is 3.25. The number of hydrogen-bond acceptors (Lipinski definition) is 2. The van der Waals surface area contributed by atoms with E-state index in [4.69, 9.17) is 0 Å². The number of nitrogens with one attached hydrogen (secondary N) is 1. The Kier molecular flexibility index (Phi) is 5.87. The summed E-state index contributed by atoms with van der Waals surface area (Å²) in [5, 5.41) is 3.68. The second-order valence-corrected chi connectivity index (χ2v) is 5.86. The van der Waals surface area contributed by atoms with Crippen LogP contribution in [-0.4, -0.2) is 37.1 Å². The van der Waals surface area contributed by atoms with E-state index in [9.17, 15) is 0 Å². The van der Waals surface area contributed by atoms with E-state index in [2.05, 4.69) is 54.4 Å². The van der Waals surface area contributed by atoms with Crippen molar-refractivity contribution in [3.8, 4) is 0 Å². The molecule has 0 saturated carbocycles. The average molecular weight is 260 g/mol. The molecule has 1 aromatic carbocycles. The molecule has 1 N–H and O–H groups in total. The fourth-order valence-electron chi connectivity index (χ4n) is 3.06. The molecule has 0 aromatic heterocycles. The lowest BCUT2D eigenvalue weighted by atomic mass is 10.0. The van der Waals surface area contributed by atoms with Crippen LogP contribution >= 0.6 is 0 Å². The van der Waals surface area contributed by atoms with E-state index in [0.717, 1.165) is 0 Å². The maximum absolute atomic E-state index is 3.68. The van der Waals surface area contributed by atoms with Gasteiger partial charge in [-0.15, -0.1) is 0 Å². The van der Waals surface area contributed by atoms with Crippen LogP contribution in [-0.2, 0) is 0 Å². The van der Waals surface area contributed by atoms with Crippen molar-refractivity contribution in [2.45, 2.75) is 45.1 Å². The Balaban J connectivity index is 1.89. The quantitative estimate of drug-likeness (QED) is 0.874. The number of hydrogen-bond donors (Lipinski definition) is 1. The second-order valence-electron chi connectivity index (χ2n) is 5.86. The fraction of sp³-hybridized carbons (Fsp3) is 0.647. The molecular weight excluding hydrogens is 232 g/mol. The van der Waals surface area contributed by atoms with Gasteiger partial charge in [-0.1, -0.05) is 50.6 Å². The summed E-state index contributed by atoms with van der Waals surface area (Å²) in [7, 11) is 0. The highest BCUT2D eigenvalue weighted by molar-refractivity contribution is 5.19. The first-order chi connectivity index (χ1) is 9.29. The van der Waals surface area contributed by atoms with Gasteiger partial charge in [-0.25, -0.2) is 0 Å². The Morgan fingerprint density at radius 2 is 2.11 bits per heavy atom. The van der Waals surface area contributed by atoms with Crippen molar-refractivity contribution in [2.75, 3.05) is 26.2 Å². The largest absolute Gasteiger partial charge is 0.313 e. The Morgan fingerprint density at radius 1 is 1.32 bits per heavy atom. The van der Waals surface area contributed by atoms with Crippen molar-refractivity contribution in [3.05, 3.63) is 35.9 Å². The number of nitrogens with zero attached hydrogens (tertiary/aromatic N) is 1. The van der Waals surface area contributed by atoms with Crippen LogP contribution in [0, 0.1) is 0 Å². The van der Waals surface area contributed by atoms with Gasteiger partial charge in [-0.3, -0.25) is 0 Å². The van der Waals surface area contributed by atoms with Gasteiger partial charge in [0.25, 0.3) is 0 Å². The number of rotatable bonds is 5. The van der Waals surface area contributed by atoms with Crippen molar-refractivity contribution < 1.29 is 0 Å². The summed E-state index contributed by atoms with van der Waals surface area (Å²) in [5.74, 6) is 0.626. The lowest BCUT2D eigenvalue weighted by molar-refractivity contribution is 0.251. The molecule has 0 radical (unpaired) electrons. The zero-order valence-electron chi connectivity index (χ0n) is 12.4. The molecule has 1 heterocycles. The monoisotopic (exact) mass is 260 g/mol. The smallest absolute Gasteiger partial charge is 0.0194 e. The molecule has 2 atom stereocenters. The van der Waals surface area contributed by atoms with E-state index >= 15 is 0 Å². The van der Waals surface area contributed by atoms with Gasteiger partial charge >= 0.3 is 0 Å². The van der Waals surface area contributed by atoms with Gasteiger partial charge in [0.15, 0.2) is 0 Å². The van der Waals surface area contributed by atoms with Gasteiger partial charge in [0.1, 0.15) is 0 Å². The first kappa shape index (κ1) is 14.5. The van der Waals surface area contributed by atoms with E-state index in [1.165, 1.54) is 51.0 Å². The molecule has 1 fully saturated rings. The Bertz CT molecular complexity index is 350. The first-order valence-corrected chi connectivity index (χ1v) is 7.80. The Hall–Kier alpha value is -0.860. The van der Waals surface area contributed by atoms with Gasteiger partial charge < -0.3 is 10.2 Å². The molecule has 1 saturated heterocycles. The molecule has 0 aliphatic carbocycles. The molecule has 0 bridgehead atoms. The van der Waals surface area contributed by atoms with Crippen LogP contribution < -0.4 is 5.32 Å². The SMILES string of the molecule is CCCC1CN(CC(C)c2ccccc2)CCCN1.